The zero-order valence-electron chi connectivity index (χ0n) is 13.7. The Morgan fingerprint density at radius 2 is 2.08 bits per heavy atom. The topological polar surface area (TPSA) is 103 Å². The Bertz CT molecular complexity index is 855. The Kier molecular flexibility index (Phi) is 5.49. The standard InChI is InChI=1S/C17H16FN3O3S/c1-17(2,8-7-13(22)23)15(24)21-16-20-14(12(9-19)25-16)10-5-3-4-6-11(10)18/h3-6H,7-8H2,1-2H3,(H,22,23)(H,20,21,24). The van der Waals surface area contributed by atoms with Gasteiger partial charge in [0, 0.05) is 17.4 Å². The molecule has 1 aromatic carbocycles. The number of nitriles is 1. The van der Waals surface area contributed by atoms with Crippen molar-refractivity contribution < 1.29 is 19.1 Å². The van der Waals surface area contributed by atoms with E-state index in [1.807, 2.05) is 6.07 Å². The molecule has 130 valence electrons. The molecule has 0 saturated heterocycles. The summed E-state index contributed by atoms with van der Waals surface area (Å²) in [5, 5.41) is 20.8. The lowest BCUT2D eigenvalue weighted by Crippen LogP contribution is -2.31. The number of aromatic nitrogens is 1. The smallest absolute Gasteiger partial charge is 0.303 e. The molecule has 25 heavy (non-hydrogen) atoms. The number of amides is 1. The van der Waals surface area contributed by atoms with Gasteiger partial charge in [-0.25, -0.2) is 9.37 Å². The number of carbonyl (C=O) groups excluding carboxylic acids is 1. The van der Waals surface area contributed by atoms with Crippen molar-refractivity contribution in [1.29, 1.82) is 5.26 Å². The maximum Gasteiger partial charge on any atom is 0.303 e. The highest BCUT2D eigenvalue weighted by Crippen LogP contribution is 2.33. The van der Waals surface area contributed by atoms with E-state index in [4.69, 9.17) is 5.11 Å². The molecule has 2 N–H and O–H groups in total. The van der Waals surface area contributed by atoms with Crippen molar-refractivity contribution >= 4 is 28.3 Å². The number of hydrogen-bond acceptors (Lipinski definition) is 5. The number of nitrogens with zero attached hydrogens (tertiary/aromatic N) is 2. The van der Waals surface area contributed by atoms with Gasteiger partial charge in [-0.2, -0.15) is 5.26 Å². The van der Waals surface area contributed by atoms with Gasteiger partial charge in [0.15, 0.2) is 5.13 Å². The number of thiazole rings is 1. The maximum absolute atomic E-state index is 13.9. The molecule has 0 unspecified atom stereocenters. The predicted molar refractivity (Wildman–Crippen MR) is 91.5 cm³/mol. The van der Waals surface area contributed by atoms with E-state index < -0.39 is 23.1 Å². The molecule has 1 heterocycles. The normalized spacial score (nSPS) is 11.0. The van der Waals surface area contributed by atoms with E-state index in [-0.39, 0.29) is 34.1 Å². The fourth-order valence-electron chi connectivity index (χ4n) is 2.08. The molecule has 0 spiro atoms. The Morgan fingerprint density at radius 3 is 2.68 bits per heavy atom. The number of hydrogen-bond donors (Lipinski definition) is 2. The van der Waals surface area contributed by atoms with Crippen molar-refractivity contribution in [2.45, 2.75) is 26.7 Å². The Hall–Kier alpha value is -2.79. The molecule has 0 fully saturated rings. The number of nitrogens with one attached hydrogen (secondary N) is 1. The van der Waals surface area contributed by atoms with E-state index in [2.05, 4.69) is 10.3 Å². The van der Waals surface area contributed by atoms with Crippen molar-refractivity contribution in [2.75, 3.05) is 5.32 Å². The van der Waals surface area contributed by atoms with Gasteiger partial charge in [0.25, 0.3) is 0 Å². The molecule has 2 aromatic rings. The number of aliphatic carboxylic acids is 1. The summed E-state index contributed by atoms with van der Waals surface area (Å²) < 4.78 is 13.9. The van der Waals surface area contributed by atoms with Crippen LogP contribution in [0.5, 0.6) is 0 Å². The fraction of sp³-hybridized carbons (Fsp3) is 0.294. The molecule has 1 aromatic heterocycles. The minimum atomic E-state index is -0.983. The van der Waals surface area contributed by atoms with Crippen molar-refractivity contribution in [1.82, 2.24) is 4.98 Å². The number of carbonyl (C=O) groups is 2. The summed E-state index contributed by atoms with van der Waals surface area (Å²) in [7, 11) is 0. The summed E-state index contributed by atoms with van der Waals surface area (Å²) in [5.74, 6) is -1.90. The van der Waals surface area contributed by atoms with Crippen molar-refractivity contribution in [3.05, 3.63) is 35.0 Å². The molecule has 0 saturated carbocycles. The molecular formula is C17H16FN3O3S. The van der Waals surface area contributed by atoms with Gasteiger partial charge >= 0.3 is 5.97 Å². The number of anilines is 1. The third kappa shape index (κ3) is 4.39. The highest BCUT2D eigenvalue weighted by atomic mass is 32.1. The molecule has 8 heteroatoms. The first-order valence-electron chi connectivity index (χ1n) is 7.43. The monoisotopic (exact) mass is 361 g/mol. The summed E-state index contributed by atoms with van der Waals surface area (Å²) in [6.45, 7) is 3.25. The Labute approximate surface area is 147 Å². The molecule has 0 aliphatic rings. The largest absolute Gasteiger partial charge is 0.481 e. The quantitative estimate of drug-likeness (QED) is 0.817. The molecule has 0 aliphatic heterocycles. The molecule has 0 atom stereocenters. The van der Waals surface area contributed by atoms with Gasteiger partial charge in [-0.15, -0.1) is 0 Å². The lowest BCUT2D eigenvalue weighted by Gasteiger charge is -2.21. The van der Waals surface area contributed by atoms with Gasteiger partial charge in [-0.1, -0.05) is 37.3 Å². The Morgan fingerprint density at radius 1 is 1.40 bits per heavy atom. The number of carboxylic acids is 1. The average molecular weight is 361 g/mol. The Balaban J connectivity index is 2.25. The van der Waals surface area contributed by atoms with E-state index in [0.717, 1.165) is 11.3 Å². The summed E-state index contributed by atoms with van der Waals surface area (Å²) in [6.07, 6.45) is 0.0209. The zero-order valence-corrected chi connectivity index (χ0v) is 14.5. The van der Waals surface area contributed by atoms with Gasteiger partial charge in [-0.3, -0.25) is 9.59 Å². The van der Waals surface area contributed by atoms with Crippen LogP contribution in [-0.2, 0) is 9.59 Å². The van der Waals surface area contributed by atoms with Gasteiger partial charge in [-0.05, 0) is 18.6 Å². The van der Waals surface area contributed by atoms with E-state index in [1.54, 1.807) is 19.9 Å². The first kappa shape index (κ1) is 18.5. The van der Waals surface area contributed by atoms with Gasteiger partial charge in [0.05, 0.1) is 0 Å². The van der Waals surface area contributed by atoms with Crippen LogP contribution in [0.25, 0.3) is 11.3 Å². The second-order valence-corrected chi connectivity index (χ2v) is 7.02. The number of benzene rings is 1. The molecule has 2 rings (SSSR count). The molecule has 1 amide bonds. The third-order valence-corrected chi connectivity index (χ3v) is 4.53. The average Bonchev–Trinajstić information content (AvgIpc) is 2.96. The highest BCUT2D eigenvalue weighted by molar-refractivity contribution is 7.16. The van der Waals surface area contributed by atoms with Crippen LogP contribution in [0.1, 0.15) is 31.6 Å². The van der Waals surface area contributed by atoms with Gasteiger partial charge in [0.1, 0.15) is 22.5 Å². The van der Waals surface area contributed by atoms with E-state index >= 15 is 0 Å². The molecule has 6 nitrogen and oxygen atoms in total. The second kappa shape index (κ2) is 7.40. The van der Waals surface area contributed by atoms with E-state index in [0.29, 0.717) is 0 Å². The minimum Gasteiger partial charge on any atom is -0.481 e. The van der Waals surface area contributed by atoms with Crippen LogP contribution >= 0.6 is 11.3 Å². The first-order chi connectivity index (χ1) is 11.7. The van der Waals surface area contributed by atoms with Crippen LogP contribution < -0.4 is 5.32 Å². The lowest BCUT2D eigenvalue weighted by atomic mass is 9.87. The number of halogens is 1. The molecule has 0 radical (unpaired) electrons. The molecule has 0 bridgehead atoms. The van der Waals surface area contributed by atoms with Crippen LogP contribution in [0.3, 0.4) is 0 Å². The minimum absolute atomic E-state index is 0.137. The van der Waals surface area contributed by atoms with Crippen LogP contribution in [0.2, 0.25) is 0 Å². The zero-order chi connectivity index (χ0) is 18.6. The highest BCUT2D eigenvalue weighted by Gasteiger charge is 2.29. The first-order valence-corrected chi connectivity index (χ1v) is 8.25. The van der Waals surface area contributed by atoms with Crippen LogP contribution in [0, 0.1) is 22.6 Å². The second-order valence-electron chi connectivity index (χ2n) is 6.02. The lowest BCUT2D eigenvalue weighted by molar-refractivity contribution is -0.138. The number of rotatable bonds is 6. The van der Waals surface area contributed by atoms with Crippen molar-refractivity contribution in [3.63, 3.8) is 0 Å². The van der Waals surface area contributed by atoms with Gasteiger partial charge in [0.2, 0.25) is 5.91 Å². The SMILES string of the molecule is CC(C)(CCC(=O)O)C(=O)Nc1nc(-c2ccccc2F)c(C#N)s1. The van der Waals surface area contributed by atoms with Crippen LogP contribution in [-0.4, -0.2) is 22.0 Å². The predicted octanol–water partition coefficient (Wildman–Crippen LogP) is 3.65. The van der Waals surface area contributed by atoms with Crippen LogP contribution in [0.15, 0.2) is 24.3 Å². The maximum atomic E-state index is 13.9. The summed E-state index contributed by atoms with van der Waals surface area (Å²) >= 11 is 0.945. The van der Waals surface area contributed by atoms with Crippen molar-refractivity contribution in [2.24, 2.45) is 5.41 Å². The van der Waals surface area contributed by atoms with Crippen molar-refractivity contribution in [3.8, 4) is 17.3 Å². The third-order valence-electron chi connectivity index (χ3n) is 3.66. The summed E-state index contributed by atoms with van der Waals surface area (Å²) in [5.41, 5.74) is -0.570. The number of carboxylic acid groups (broad SMARTS) is 1. The van der Waals surface area contributed by atoms with E-state index in [1.165, 1.54) is 18.2 Å². The van der Waals surface area contributed by atoms with Gasteiger partial charge < -0.3 is 10.4 Å². The molecule has 0 aliphatic carbocycles. The van der Waals surface area contributed by atoms with Crippen LogP contribution in [0.4, 0.5) is 9.52 Å². The summed E-state index contributed by atoms with van der Waals surface area (Å²) in [6, 6.07) is 7.89. The fourth-order valence-corrected chi connectivity index (χ4v) is 2.86. The molecular weight excluding hydrogens is 345 g/mol. The van der Waals surface area contributed by atoms with E-state index in [9.17, 15) is 19.2 Å². The summed E-state index contributed by atoms with van der Waals surface area (Å²) in [4.78, 5) is 27.4.